The predicted molar refractivity (Wildman–Crippen MR) is 63.2 cm³/mol. The van der Waals surface area contributed by atoms with Crippen LogP contribution in [-0.4, -0.2) is 52.1 Å². The van der Waals surface area contributed by atoms with Crippen LogP contribution < -0.4 is 11.1 Å². The molecule has 8 heteroatoms. The lowest BCUT2D eigenvalue weighted by molar-refractivity contribution is -0.113. The summed E-state index contributed by atoms with van der Waals surface area (Å²) < 4.78 is 5.35. The number of nitrogens with one attached hydrogen (secondary N) is 1. The van der Waals surface area contributed by atoms with Gasteiger partial charge in [0, 0.05) is 24.4 Å². The van der Waals surface area contributed by atoms with Crippen LogP contribution in [0.5, 0.6) is 0 Å². The quantitative estimate of drug-likeness (QED) is 0.457. The topological polar surface area (TPSA) is 125 Å². The Kier molecular flexibility index (Phi) is 3.84. The molecule has 0 radical (unpaired) electrons. The molecule has 1 saturated heterocycles. The molecule has 5 N–H and O–H groups in total. The third-order valence-corrected chi connectivity index (χ3v) is 2.89. The second-order valence-corrected chi connectivity index (χ2v) is 4.27. The zero-order valence-electron chi connectivity index (χ0n) is 10.0. The number of hydrogen-bond donors (Lipinski definition) is 4. The van der Waals surface area contributed by atoms with Crippen LogP contribution in [-0.2, 0) is 9.53 Å². The Morgan fingerprint density at radius 3 is 2.95 bits per heavy atom. The standard InChI is InChI=1S/C11H15N3O5/c12-9(17)3-6-1-2-14(11(18)13-6)10-4-7(16)8(5-15)19-10/h1-3,7-8,10,15-16H,4-5H2,(H2,12,17)(H,13,18)/b6-3+/t7-,8+,10+/m0/s1. The summed E-state index contributed by atoms with van der Waals surface area (Å²) >= 11 is 0. The Labute approximate surface area is 109 Å². The van der Waals surface area contributed by atoms with E-state index >= 15 is 0 Å². The zero-order valence-corrected chi connectivity index (χ0v) is 10.0. The van der Waals surface area contributed by atoms with E-state index in [0.29, 0.717) is 0 Å². The number of hydrogen-bond acceptors (Lipinski definition) is 5. The molecule has 2 rings (SSSR count). The lowest BCUT2D eigenvalue weighted by atomic mass is 10.2. The second kappa shape index (κ2) is 5.39. The molecule has 0 unspecified atom stereocenters. The van der Waals surface area contributed by atoms with Crippen molar-refractivity contribution >= 4 is 11.9 Å². The van der Waals surface area contributed by atoms with E-state index in [4.69, 9.17) is 15.6 Å². The molecule has 1 fully saturated rings. The highest BCUT2D eigenvalue weighted by Crippen LogP contribution is 2.24. The van der Waals surface area contributed by atoms with E-state index in [1.165, 1.54) is 17.2 Å². The highest BCUT2D eigenvalue weighted by molar-refractivity contribution is 5.89. The maximum absolute atomic E-state index is 11.8. The van der Waals surface area contributed by atoms with Gasteiger partial charge in [-0.25, -0.2) is 4.79 Å². The van der Waals surface area contributed by atoms with Crippen molar-refractivity contribution in [1.29, 1.82) is 0 Å². The number of urea groups is 1. The number of carbonyl (C=O) groups is 2. The van der Waals surface area contributed by atoms with Gasteiger partial charge >= 0.3 is 6.03 Å². The molecule has 104 valence electrons. The molecule has 2 aliphatic heterocycles. The van der Waals surface area contributed by atoms with Crippen LogP contribution in [0.1, 0.15) is 6.42 Å². The summed E-state index contributed by atoms with van der Waals surface area (Å²) in [6.07, 6.45) is 2.05. The van der Waals surface area contributed by atoms with E-state index in [-0.39, 0.29) is 18.7 Å². The number of nitrogens with two attached hydrogens (primary N) is 1. The SMILES string of the molecule is NC(=O)/C=C1\C=CN([C@H]2C[C@H](O)[C@@H](CO)O2)C(=O)N1. The first kappa shape index (κ1) is 13.5. The van der Waals surface area contributed by atoms with Gasteiger partial charge in [-0.05, 0) is 6.08 Å². The lowest BCUT2D eigenvalue weighted by Gasteiger charge is -2.28. The van der Waals surface area contributed by atoms with Crippen molar-refractivity contribution in [2.24, 2.45) is 5.73 Å². The maximum atomic E-state index is 11.8. The van der Waals surface area contributed by atoms with Gasteiger partial charge < -0.3 is 26.0 Å². The summed E-state index contributed by atoms with van der Waals surface area (Å²) in [6, 6.07) is -0.495. The molecular formula is C11H15N3O5. The number of nitrogens with zero attached hydrogens (tertiary/aromatic N) is 1. The molecule has 0 aliphatic carbocycles. The highest BCUT2D eigenvalue weighted by atomic mass is 16.5. The number of aliphatic hydroxyl groups is 2. The van der Waals surface area contributed by atoms with Crippen LogP contribution in [0.4, 0.5) is 4.79 Å². The summed E-state index contributed by atoms with van der Waals surface area (Å²) in [6.45, 7) is -0.316. The molecule has 0 saturated carbocycles. The van der Waals surface area contributed by atoms with Gasteiger partial charge in [0.15, 0.2) is 0 Å². The average molecular weight is 269 g/mol. The number of primary amides is 1. The van der Waals surface area contributed by atoms with Gasteiger partial charge in [0.05, 0.1) is 12.7 Å². The lowest BCUT2D eigenvalue weighted by Crippen LogP contribution is -2.45. The number of allylic oxidation sites excluding steroid dienone is 1. The predicted octanol–water partition coefficient (Wildman–Crippen LogP) is -1.64. The van der Waals surface area contributed by atoms with Crippen LogP contribution in [0.15, 0.2) is 24.0 Å². The third-order valence-electron chi connectivity index (χ3n) is 2.89. The number of rotatable bonds is 3. The Morgan fingerprint density at radius 1 is 1.68 bits per heavy atom. The van der Waals surface area contributed by atoms with E-state index in [1.54, 1.807) is 0 Å². The van der Waals surface area contributed by atoms with E-state index in [0.717, 1.165) is 6.08 Å². The fourth-order valence-corrected chi connectivity index (χ4v) is 1.97. The number of ether oxygens (including phenoxy) is 1. The molecule has 2 aliphatic rings. The van der Waals surface area contributed by atoms with Crippen molar-refractivity contribution < 1.29 is 24.5 Å². The number of amides is 3. The van der Waals surface area contributed by atoms with Crippen molar-refractivity contribution in [2.45, 2.75) is 24.9 Å². The summed E-state index contributed by atoms with van der Waals surface area (Å²) in [5, 5.41) is 21.0. The molecule has 0 aromatic carbocycles. The first-order valence-electron chi connectivity index (χ1n) is 5.74. The van der Waals surface area contributed by atoms with Gasteiger partial charge in [-0.1, -0.05) is 0 Å². The van der Waals surface area contributed by atoms with Crippen molar-refractivity contribution in [3.05, 3.63) is 24.0 Å². The van der Waals surface area contributed by atoms with Gasteiger partial charge in [-0.3, -0.25) is 9.69 Å². The molecule has 0 spiro atoms. The summed E-state index contributed by atoms with van der Waals surface area (Å²) in [4.78, 5) is 23.8. The molecule has 0 bridgehead atoms. The number of aliphatic hydroxyl groups excluding tert-OH is 2. The summed E-state index contributed by atoms with van der Waals surface area (Å²) in [7, 11) is 0. The van der Waals surface area contributed by atoms with E-state index in [1.807, 2.05) is 0 Å². The zero-order chi connectivity index (χ0) is 14.0. The Balaban J connectivity index is 2.07. The van der Waals surface area contributed by atoms with Gasteiger partial charge in [-0.2, -0.15) is 0 Å². The van der Waals surface area contributed by atoms with Crippen LogP contribution in [0.3, 0.4) is 0 Å². The molecule has 19 heavy (non-hydrogen) atoms. The summed E-state index contributed by atoms with van der Waals surface area (Å²) in [5.41, 5.74) is 5.26. The van der Waals surface area contributed by atoms with Crippen LogP contribution in [0.2, 0.25) is 0 Å². The van der Waals surface area contributed by atoms with Crippen molar-refractivity contribution in [3.63, 3.8) is 0 Å². The second-order valence-electron chi connectivity index (χ2n) is 4.27. The van der Waals surface area contributed by atoms with Gasteiger partial charge in [0.1, 0.15) is 12.3 Å². The smallest absolute Gasteiger partial charge is 0.327 e. The summed E-state index contributed by atoms with van der Waals surface area (Å²) in [5.74, 6) is -0.665. The molecule has 2 heterocycles. The average Bonchev–Trinajstić information content (AvgIpc) is 2.69. The molecule has 0 aromatic heterocycles. The van der Waals surface area contributed by atoms with Crippen LogP contribution in [0.25, 0.3) is 0 Å². The van der Waals surface area contributed by atoms with Crippen LogP contribution in [0, 0.1) is 0 Å². The fraction of sp³-hybridized carbons (Fsp3) is 0.455. The minimum Gasteiger partial charge on any atom is -0.394 e. The van der Waals surface area contributed by atoms with Gasteiger partial charge in [0.25, 0.3) is 0 Å². The third kappa shape index (κ3) is 2.92. The van der Waals surface area contributed by atoms with Crippen molar-refractivity contribution in [1.82, 2.24) is 10.2 Å². The largest absolute Gasteiger partial charge is 0.394 e. The van der Waals surface area contributed by atoms with E-state index in [2.05, 4.69) is 5.32 Å². The molecule has 3 amide bonds. The highest BCUT2D eigenvalue weighted by Gasteiger charge is 2.38. The molecule has 0 aromatic rings. The first-order chi connectivity index (χ1) is 9.01. The van der Waals surface area contributed by atoms with E-state index < -0.39 is 30.4 Å². The monoisotopic (exact) mass is 269 g/mol. The van der Waals surface area contributed by atoms with Gasteiger partial charge in [-0.15, -0.1) is 0 Å². The normalized spacial score (nSPS) is 32.7. The van der Waals surface area contributed by atoms with Crippen molar-refractivity contribution in [2.75, 3.05) is 6.61 Å². The molecule has 3 atom stereocenters. The van der Waals surface area contributed by atoms with E-state index in [9.17, 15) is 14.7 Å². The Bertz CT molecular complexity index is 448. The Morgan fingerprint density at radius 2 is 2.42 bits per heavy atom. The van der Waals surface area contributed by atoms with Crippen LogP contribution >= 0.6 is 0 Å². The Hall–Kier alpha value is -1.90. The van der Waals surface area contributed by atoms with Crippen molar-refractivity contribution in [3.8, 4) is 0 Å². The first-order valence-corrected chi connectivity index (χ1v) is 5.74. The minimum atomic E-state index is -0.821. The van der Waals surface area contributed by atoms with Gasteiger partial charge in [0.2, 0.25) is 5.91 Å². The fourth-order valence-electron chi connectivity index (χ4n) is 1.97. The number of carbonyl (C=O) groups excluding carboxylic acids is 2. The molecule has 8 nitrogen and oxygen atoms in total. The minimum absolute atomic E-state index is 0.206. The molecular weight excluding hydrogens is 254 g/mol. The maximum Gasteiger partial charge on any atom is 0.327 e.